The summed E-state index contributed by atoms with van der Waals surface area (Å²) < 4.78 is 0. The van der Waals surface area contributed by atoms with Gasteiger partial charge < -0.3 is 0 Å². The Hall–Kier alpha value is -1.82. The summed E-state index contributed by atoms with van der Waals surface area (Å²) in [5.74, 6) is 0. The van der Waals surface area contributed by atoms with Gasteiger partial charge in [0.2, 0.25) is 0 Å². The standard InChI is InChI=1S/C14H8/c1-2-6-12-10-14-8-4-3-7-13(14)9-11(12)5-1/h1,4-10H. The molecule has 0 unspecified atom stereocenters. The summed E-state index contributed by atoms with van der Waals surface area (Å²) in [6, 6.07) is 22.7. The summed E-state index contributed by atoms with van der Waals surface area (Å²) in [4.78, 5) is 0. The number of rotatable bonds is 0. The topological polar surface area (TPSA) is 0 Å². The van der Waals surface area contributed by atoms with E-state index in [1.807, 2.05) is 24.3 Å². The molecular formula is C14H8. The molecule has 0 bridgehead atoms. The average molecular weight is 176 g/mol. The molecule has 0 heterocycles. The Morgan fingerprint density at radius 2 is 1.14 bits per heavy atom. The van der Waals surface area contributed by atoms with E-state index in [1.54, 1.807) is 0 Å². The van der Waals surface area contributed by atoms with E-state index in [0.717, 1.165) is 0 Å². The highest BCUT2D eigenvalue weighted by atomic mass is 14.0. The van der Waals surface area contributed by atoms with Crippen molar-refractivity contribution in [1.82, 2.24) is 0 Å². The summed E-state index contributed by atoms with van der Waals surface area (Å²) in [5.41, 5.74) is 0. The highest BCUT2D eigenvalue weighted by Gasteiger charge is 1.95. The lowest BCUT2D eigenvalue weighted by Gasteiger charge is -2.00. The Kier molecular flexibility index (Phi) is 1.54. The molecule has 0 aromatic heterocycles. The lowest BCUT2D eigenvalue weighted by Crippen LogP contribution is -1.75. The van der Waals surface area contributed by atoms with Gasteiger partial charge in [0, 0.05) is 0 Å². The molecule has 0 aliphatic rings. The fraction of sp³-hybridized carbons (Fsp3) is 0. The van der Waals surface area contributed by atoms with Crippen LogP contribution in [0.5, 0.6) is 0 Å². The third-order valence-electron chi connectivity index (χ3n) is 2.48. The Morgan fingerprint density at radius 3 is 1.64 bits per heavy atom. The zero-order chi connectivity index (χ0) is 9.38. The molecule has 0 amide bonds. The highest BCUT2D eigenvalue weighted by Crippen LogP contribution is 2.21. The molecule has 64 valence electrons. The van der Waals surface area contributed by atoms with Crippen LogP contribution in [0.3, 0.4) is 0 Å². The lowest BCUT2D eigenvalue weighted by molar-refractivity contribution is 1.75. The SMILES string of the molecule is [c]1ccc2cc3c[c]ccc3cc2c1. The first kappa shape index (κ1) is 7.57. The van der Waals surface area contributed by atoms with Gasteiger partial charge in [-0.15, -0.1) is 0 Å². The predicted octanol–water partition coefficient (Wildman–Crippen LogP) is 3.59. The Morgan fingerprint density at radius 1 is 0.643 bits per heavy atom. The van der Waals surface area contributed by atoms with Crippen LogP contribution in [-0.4, -0.2) is 0 Å². The minimum Gasteiger partial charge on any atom is -0.0537 e. The quantitative estimate of drug-likeness (QED) is 0.459. The average Bonchev–Trinajstić information content (AvgIpc) is 2.26. The summed E-state index contributed by atoms with van der Waals surface area (Å²) in [6.45, 7) is 0. The highest BCUT2D eigenvalue weighted by molar-refractivity contribution is 5.97. The molecule has 0 saturated heterocycles. The van der Waals surface area contributed by atoms with Crippen LogP contribution in [0.1, 0.15) is 0 Å². The smallest absolute Gasteiger partial charge is 0.0171 e. The minimum atomic E-state index is 1.24. The maximum Gasteiger partial charge on any atom is -0.0171 e. The summed E-state index contributed by atoms with van der Waals surface area (Å²) >= 11 is 0. The fourth-order valence-corrected chi connectivity index (χ4v) is 1.76. The van der Waals surface area contributed by atoms with Crippen LogP contribution in [0.2, 0.25) is 0 Å². The first-order chi connectivity index (χ1) is 6.93. The lowest BCUT2D eigenvalue weighted by atomic mass is 10.0. The van der Waals surface area contributed by atoms with E-state index in [4.69, 9.17) is 0 Å². The van der Waals surface area contributed by atoms with Crippen molar-refractivity contribution in [1.29, 1.82) is 0 Å². The Balaban J connectivity index is 2.52. The normalized spacial score (nSPS) is 10.9. The zero-order valence-electron chi connectivity index (χ0n) is 7.62. The van der Waals surface area contributed by atoms with Gasteiger partial charge in [0.15, 0.2) is 0 Å². The molecule has 3 aromatic rings. The molecule has 3 aromatic carbocycles. The molecule has 0 spiro atoms. The second-order valence-electron chi connectivity index (χ2n) is 3.40. The molecule has 0 fully saturated rings. The van der Waals surface area contributed by atoms with Crippen molar-refractivity contribution in [3.05, 3.63) is 60.7 Å². The van der Waals surface area contributed by atoms with E-state index in [0.29, 0.717) is 0 Å². The first-order valence-corrected chi connectivity index (χ1v) is 4.63. The maximum atomic E-state index is 3.09. The minimum absolute atomic E-state index is 1.24. The van der Waals surface area contributed by atoms with E-state index in [1.165, 1.54) is 21.5 Å². The van der Waals surface area contributed by atoms with E-state index in [-0.39, 0.29) is 0 Å². The van der Waals surface area contributed by atoms with Crippen LogP contribution in [0, 0.1) is 12.1 Å². The van der Waals surface area contributed by atoms with Crippen LogP contribution in [-0.2, 0) is 0 Å². The molecule has 0 aliphatic heterocycles. The third kappa shape index (κ3) is 1.08. The first-order valence-electron chi connectivity index (χ1n) is 4.63. The molecule has 0 atom stereocenters. The molecule has 0 nitrogen and oxygen atoms in total. The summed E-state index contributed by atoms with van der Waals surface area (Å²) in [6.07, 6.45) is 0. The largest absolute Gasteiger partial charge is 0.0537 e. The molecule has 0 N–H and O–H groups in total. The molecule has 0 aliphatic carbocycles. The van der Waals surface area contributed by atoms with Gasteiger partial charge in [-0.2, -0.15) is 0 Å². The molecule has 3 rings (SSSR count). The monoisotopic (exact) mass is 176 g/mol. The van der Waals surface area contributed by atoms with Crippen molar-refractivity contribution < 1.29 is 0 Å². The molecule has 0 heteroatoms. The predicted molar refractivity (Wildman–Crippen MR) is 59.1 cm³/mol. The van der Waals surface area contributed by atoms with Crippen molar-refractivity contribution in [3.8, 4) is 0 Å². The van der Waals surface area contributed by atoms with Crippen LogP contribution < -0.4 is 0 Å². The van der Waals surface area contributed by atoms with E-state index in [2.05, 4.69) is 36.4 Å². The Labute approximate surface area is 82.8 Å². The van der Waals surface area contributed by atoms with Crippen LogP contribution in [0.15, 0.2) is 48.5 Å². The van der Waals surface area contributed by atoms with Crippen molar-refractivity contribution >= 4 is 21.5 Å². The van der Waals surface area contributed by atoms with E-state index < -0.39 is 0 Å². The summed E-state index contributed by atoms with van der Waals surface area (Å²) in [5, 5.41) is 5.00. The van der Waals surface area contributed by atoms with Gasteiger partial charge >= 0.3 is 0 Å². The summed E-state index contributed by atoms with van der Waals surface area (Å²) in [7, 11) is 0. The molecule has 2 radical (unpaired) electrons. The van der Waals surface area contributed by atoms with Crippen LogP contribution >= 0.6 is 0 Å². The second kappa shape index (κ2) is 2.85. The molecular weight excluding hydrogens is 168 g/mol. The van der Waals surface area contributed by atoms with Gasteiger partial charge in [0.05, 0.1) is 0 Å². The number of benzene rings is 3. The van der Waals surface area contributed by atoms with Gasteiger partial charge in [-0.3, -0.25) is 0 Å². The molecule has 14 heavy (non-hydrogen) atoms. The van der Waals surface area contributed by atoms with Gasteiger partial charge in [0.1, 0.15) is 0 Å². The van der Waals surface area contributed by atoms with Gasteiger partial charge in [0.25, 0.3) is 0 Å². The fourth-order valence-electron chi connectivity index (χ4n) is 1.76. The van der Waals surface area contributed by atoms with Crippen molar-refractivity contribution in [2.45, 2.75) is 0 Å². The second-order valence-corrected chi connectivity index (χ2v) is 3.40. The van der Waals surface area contributed by atoms with E-state index in [9.17, 15) is 0 Å². The van der Waals surface area contributed by atoms with Gasteiger partial charge in [-0.05, 0) is 57.9 Å². The maximum absolute atomic E-state index is 3.09. The van der Waals surface area contributed by atoms with E-state index >= 15 is 0 Å². The zero-order valence-corrected chi connectivity index (χ0v) is 7.62. The van der Waals surface area contributed by atoms with Crippen molar-refractivity contribution in [3.63, 3.8) is 0 Å². The van der Waals surface area contributed by atoms with Crippen LogP contribution in [0.25, 0.3) is 21.5 Å². The number of fused-ring (bicyclic) bond motifs is 2. The van der Waals surface area contributed by atoms with Gasteiger partial charge in [-0.1, -0.05) is 24.3 Å². The van der Waals surface area contributed by atoms with Crippen LogP contribution in [0.4, 0.5) is 0 Å². The number of hydrogen-bond acceptors (Lipinski definition) is 0. The number of hydrogen-bond donors (Lipinski definition) is 0. The Bertz CT molecular complexity index is 489. The van der Waals surface area contributed by atoms with Gasteiger partial charge in [-0.25, -0.2) is 0 Å². The third-order valence-corrected chi connectivity index (χ3v) is 2.48. The molecule has 0 saturated carbocycles. The van der Waals surface area contributed by atoms with Crippen molar-refractivity contribution in [2.24, 2.45) is 0 Å². The van der Waals surface area contributed by atoms with Crippen molar-refractivity contribution in [2.75, 3.05) is 0 Å².